The summed E-state index contributed by atoms with van der Waals surface area (Å²) in [5, 5.41) is 3.65. The van der Waals surface area contributed by atoms with Gasteiger partial charge in [0, 0.05) is 6.04 Å². The largest absolute Gasteiger partial charge is 0.353 e. The normalized spacial score (nSPS) is 15.7. The summed E-state index contributed by atoms with van der Waals surface area (Å²) < 4.78 is 15.4. The summed E-state index contributed by atoms with van der Waals surface area (Å²) in [6.45, 7) is 0.690. The Labute approximate surface area is 141 Å². The molecule has 0 aliphatic heterocycles. The van der Waals surface area contributed by atoms with Crippen LogP contribution in [-0.4, -0.2) is 15.6 Å². The first kappa shape index (κ1) is 15.2. The number of fused-ring (bicyclic) bond motifs is 1. The molecule has 124 valence electrons. The van der Waals surface area contributed by atoms with E-state index >= 15 is 0 Å². The molecule has 0 amide bonds. The Bertz CT molecular complexity index is 817. The Kier molecular flexibility index (Phi) is 4.20. The Hall–Kier alpha value is -2.36. The van der Waals surface area contributed by atoms with Crippen molar-refractivity contribution >= 4 is 17.0 Å². The van der Waals surface area contributed by atoms with Gasteiger partial charge < -0.3 is 9.88 Å². The van der Waals surface area contributed by atoms with Crippen LogP contribution in [0.1, 0.15) is 37.7 Å². The van der Waals surface area contributed by atoms with E-state index in [9.17, 15) is 4.39 Å². The van der Waals surface area contributed by atoms with Gasteiger partial charge >= 0.3 is 0 Å². The number of nitrogens with one attached hydrogen (secondary N) is 1. The number of imidazole rings is 1. The van der Waals surface area contributed by atoms with E-state index in [1.54, 1.807) is 0 Å². The Morgan fingerprint density at radius 1 is 1.00 bits per heavy atom. The third-order valence-corrected chi connectivity index (χ3v) is 4.85. The second kappa shape index (κ2) is 6.63. The van der Waals surface area contributed by atoms with Crippen molar-refractivity contribution in [1.82, 2.24) is 9.55 Å². The van der Waals surface area contributed by atoms with Crippen LogP contribution in [0.5, 0.6) is 0 Å². The van der Waals surface area contributed by atoms with Gasteiger partial charge in [-0.15, -0.1) is 0 Å². The highest BCUT2D eigenvalue weighted by molar-refractivity contribution is 5.78. The fourth-order valence-electron chi connectivity index (χ4n) is 3.55. The molecule has 1 saturated carbocycles. The van der Waals surface area contributed by atoms with Crippen LogP contribution in [-0.2, 0) is 6.54 Å². The zero-order valence-corrected chi connectivity index (χ0v) is 13.7. The van der Waals surface area contributed by atoms with Crippen LogP contribution in [0.3, 0.4) is 0 Å². The van der Waals surface area contributed by atoms with Crippen molar-refractivity contribution in [2.45, 2.75) is 44.7 Å². The van der Waals surface area contributed by atoms with Crippen LogP contribution < -0.4 is 5.32 Å². The van der Waals surface area contributed by atoms with Gasteiger partial charge in [0.2, 0.25) is 5.95 Å². The molecule has 2 aromatic carbocycles. The smallest absolute Gasteiger partial charge is 0.204 e. The molecule has 3 nitrogen and oxygen atoms in total. The van der Waals surface area contributed by atoms with Gasteiger partial charge in [0.1, 0.15) is 5.82 Å². The highest BCUT2D eigenvalue weighted by Crippen LogP contribution is 2.25. The van der Waals surface area contributed by atoms with Crippen molar-refractivity contribution in [1.29, 1.82) is 0 Å². The van der Waals surface area contributed by atoms with E-state index < -0.39 is 0 Å². The summed E-state index contributed by atoms with van der Waals surface area (Å²) in [4.78, 5) is 4.80. The summed E-state index contributed by atoms with van der Waals surface area (Å²) in [5.74, 6) is 0.724. The molecule has 4 rings (SSSR count). The van der Waals surface area contributed by atoms with Crippen molar-refractivity contribution in [3.8, 4) is 0 Å². The zero-order valence-electron chi connectivity index (χ0n) is 13.7. The van der Waals surface area contributed by atoms with E-state index in [4.69, 9.17) is 4.98 Å². The summed E-state index contributed by atoms with van der Waals surface area (Å²) in [7, 11) is 0. The van der Waals surface area contributed by atoms with Crippen LogP contribution in [0.4, 0.5) is 10.3 Å². The quantitative estimate of drug-likeness (QED) is 0.735. The van der Waals surface area contributed by atoms with Crippen molar-refractivity contribution in [3.05, 3.63) is 59.9 Å². The van der Waals surface area contributed by atoms with Gasteiger partial charge in [-0.2, -0.15) is 0 Å². The summed E-state index contributed by atoms with van der Waals surface area (Å²) in [6.07, 6.45) is 6.33. The van der Waals surface area contributed by atoms with E-state index in [0.717, 1.165) is 22.5 Å². The van der Waals surface area contributed by atoms with E-state index in [1.165, 1.54) is 44.2 Å². The predicted molar refractivity (Wildman–Crippen MR) is 95.7 cm³/mol. The van der Waals surface area contributed by atoms with Gasteiger partial charge in [-0.25, -0.2) is 9.37 Å². The minimum Gasteiger partial charge on any atom is -0.353 e. The molecule has 0 unspecified atom stereocenters. The first-order valence-electron chi connectivity index (χ1n) is 8.76. The van der Waals surface area contributed by atoms with Crippen molar-refractivity contribution < 1.29 is 4.39 Å². The Balaban J connectivity index is 1.68. The highest BCUT2D eigenvalue weighted by Gasteiger charge is 2.17. The van der Waals surface area contributed by atoms with Crippen molar-refractivity contribution in [2.75, 3.05) is 5.32 Å². The first-order chi connectivity index (χ1) is 11.8. The standard InChI is InChI=1S/C20H22FN3/c21-16-12-10-15(11-13-16)14-24-19-9-5-4-8-18(19)23-20(24)22-17-6-2-1-3-7-17/h4-5,8-13,17H,1-3,6-7,14H2,(H,22,23). The lowest BCUT2D eigenvalue weighted by molar-refractivity contribution is 0.459. The van der Waals surface area contributed by atoms with Gasteiger partial charge in [-0.05, 0) is 42.7 Å². The predicted octanol–water partition coefficient (Wildman–Crippen LogP) is 4.97. The van der Waals surface area contributed by atoms with Gasteiger partial charge in [0.15, 0.2) is 0 Å². The fourth-order valence-corrected chi connectivity index (χ4v) is 3.55. The molecule has 1 aromatic heterocycles. The molecule has 1 aliphatic rings. The molecule has 24 heavy (non-hydrogen) atoms. The number of anilines is 1. The van der Waals surface area contributed by atoms with Gasteiger partial charge in [0.25, 0.3) is 0 Å². The highest BCUT2D eigenvalue weighted by atomic mass is 19.1. The average molecular weight is 323 g/mol. The molecule has 0 saturated heterocycles. The lowest BCUT2D eigenvalue weighted by Crippen LogP contribution is -2.24. The SMILES string of the molecule is Fc1ccc(Cn2c(NC3CCCCC3)nc3ccccc32)cc1. The van der Waals surface area contributed by atoms with E-state index in [-0.39, 0.29) is 5.82 Å². The summed E-state index contributed by atoms with van der Waals surface area (Å²) >= 11 is 0. The maximum absolute atomic E-state index is 13.2. The molecule has 1 fully saturated rings. The number of rotatable bonds is 4. The van der Waals surface area contributed by atoms with Crippen LogP contribution in [0.25, 0.3) is 11.0 Å². The molecule has 0 atom stereocenters. The van der Waals surface area contributed by atoms with Gasteiger partial charge in [0.05, 0.1) is 17.6 Å². The number of para-hydroxylation sites is 2. The number of halogens is 1. The van der Waals surface area contributed by atoms with Crippen LogP contribution in [0.15, 0.2) is 48.5 Å². The van der Waals surface area contributed by atoms with Crippen LogP contribution in [0, 0.1) is 5.82 Å². The number of hydrogen-bond acceptors (Lipinski definition) is 2. The van der Waals surface area contributed by atoms with Gasteiger partial charge in [-0.1, -0.05) is 43.5 Å². The number of hydrogen-bond donors (Lipinski definition) is 1. The number of aromatic nitrogens is 2. The van der Waals surface area contributed by atoms with Crippen LogP contribution >= 0.6 is 0 Å². The minimum atomic E-state index is -0.199. The van der Waals surface area contributed by atoms with Crippen molar-refractivity contribution in [2.24, 2.45) is 0 Å². The molecule has 0 radical (unpaired) electrons. The lowest BCUT2D eigenvalue weighted by Gasteiger charge is -2.23. The Morgan fingerprint density at radius 3 is 2.54 bits per heavy atom. The molecule has 4 heteroatoms. The molecule has 0 bridgehead atoms. The average Bonchev–Trinajstić information content (AvgIpc) is 2.95. The van der Waals surface area contributed by atoms with Crippen LogP contribution in [0.2, 0.25) is 0 Å². The fraction of sp³-hybridized carbons (Fsp3) is 0.350. The lowest BCUT2D eigenvalue weighted by atomic mass is 9.96. The third kappa shape index (κ3) is 3.14. The molecule has 1 aliphatic carbocycles. The summed E-state index contributed by atoms with van der Waals surface area (Å²) in [5.41, 5.74) is 3.18. The Morgan fingerprint density at radius 2 is 1.75 bits per heavy atom. The molecule has 0 spiro atoms. The third-order valence-electron chi connectivity index (χ3n) is 4.85. The molecule has 1 heterocycles. The first-order valence-corrected chi connectivity index (χ1v) is 8.76. The molecular formula is C20H22FN3. The second-order valence-corrected chi connectivity index (χ2v) is 6.62. The molecule has 1 N–H and O–H groups in total. The number of benzene rings is 2. The minimum absolute atomic E-state index is 0.199. The maximum Gasteiger partial charge on any atom is 0.204 e. The second-order valence-electron chi connectivity index (χ2n) is 6.62. The van der Waals surface area contributed by atoms with E-state index in [2.05, 4.69) is 16.0 Å². The maximum atomic E-state index is 13.2. The molecule has 3 aromatic rings. The van der Waals surface area contributed by atoms with Gasteiger partial charge in [-0.3, -0.25) is 0 Å². The monoisotopic (exact) mass is 323 g/mol. The summed E-state index contributed by atoms with van der Waals surface area (Å²) in [6, 6.07) is 15.4. The van der Waals surface area contributed by atoms with Crippen molar-refractivity contribution in [3.63, 3.8) is 0 Å². The number of nitrogens with zero attached hydrogens (tertiary/aromatic N) is 2. The van der Waals surface area contributed by atoms with E-state index in [1.807, 2.05) is 30.3 Å². The molecular weight excluding hydrogens is 301 g/mol. The zero-order chi connectivity index (χ0) is 16.4. The topological polar surface area (TPSA) is 29.9 Å². The van der Waals surface area contributed by atoms with E-state index in [0.29, 0.717) is 12.6 Å².